The van der Waals surface area contributed by atoms with E-state index < -0.39 is 41.5 Å². The Morgan fingerprint density at radius 1 is 1.05 bits per heavy atom. The quantitative estimate of drug-likeness (QED) is 0.106. The van der Waals surface area contributed by atoms with E-state index in [-0.39, 0.29) is 24.1 Å². The maximum atomic E-state index is 12.5. The predicted molar refractivity (Wildman–Crippen MR) is 146 cm³/mol. The molecule has 10 nitrogen and oxygen atoms in total. The van der Waals surface area contributed by atoms with Crippen LogP contribution in [0.1, 0.15) is 68.0 Å². The van der Waals surface area contributed by atoms with Crippen molar-refractivity contribution in [3.63, 3.8) is 0 Å². The summed E-state index contributed by atoms with van der Waals surface area (Å²) in [5.74, 6) is -0.762. The molecule has 2 aromatic rings. The number of carbonyl (C=O) groups excluding carboxylic acids is 3. The van der Waals surface area contributed by atoms with Crippen LogP contribution >= 0.6 is 0 Å². The number of imide groups is 1. The van der Waals surface area contributed by atoms with Crippen molar-refractivity contribution in [2.45, 2.75) is 58.1 Å². The molecule has 0 aliphatic carbocycles. The lowest BCUT2D eigenvalue weighted by molar-refractivity contribution is -0.143. The smallest absolute Gasteiger partial charge is 0.377 e. The number of ether oxygens (including phenoxy) is 1. The van der Waals surface area contributed by atoms with E-state index in [1.54, 1.807) is 0 Å². The van der Waals surface area contributed by atoms with Crippen molar-refractivity contribution in [2.24, 2.45) is 5.11 Å². The molecule has 2 unspecified atom stereocenters. The van der Waals surface area contributed by atoms with Gasteiger partial charge in [-0.3, -0.25) is 14.9 Å². The summed E-state index contributed by atoms with van der Waals surface area (Å²) in [4.78, 5) is 31.9. The number of urea groups is 1. The molecule has 2 aromatic carbocycles. The normalized spacial score (nSPS) is 13.7. The van der Waals surface area contributed by atoms with Crippen molar-refractivity contribution < 1.29 is 45.5 Å². The molecule has 3 rings (SSSR count). The molecule has 3 N–H and O–H groups in total. The summed E-state index contributed by atoms with van der Waals surface area (Å²) in [6, 6.07) is 12.1. The van der Waals surface area contributed by atoms with Crippen LogP contribution in [0.25, 0.3) is 10.4 Å². The number of methoxy groups -OCH3 is 1. The highest BCUT2D eigenvalue weighted by molar-refractivity contribution is 6.01. The molecule has 43 heavy (non-hydrogen) atoms. The molecule has 1 aliphatic rings. The SMILES string of the molecule is CC(=O)N=[N+]=[N-].CCCC(NC)c1ccccc1.COC(C)c1cc(C(F)(F)F)cc(C(F)(F)F)c1.O=C1CNC(=O)N1. The van der Waals surface area contributed by atoms with Crippen LogP contribution in [0.3, 0.4) is 0 Å². The minimum absolute atomic E-state index is 0.0892. The van der Waals surface area contributed by atoms with Gasteiger partial charge >= 0.3 is 18.4 Å². The van der Waals surface area contributed by atoms with Gasteiger partial charge < -0.3 is 15.4 Å². The first-order chi connectivity index (χ1) is 20.0. The lowest BCUT2D eigenvalue weighted by Crippen LogP contribution is -2.22. The first-order valence-electron chi connectivity index (χ1n) is 12.7. The number of nitrogens with zero attached hydrogens (tertiary/aromatic N) is 3. The molecule has 0 aromatic heterocycles. The van der Waals surface area contributed by atoms with Gasteiger partial charge in [-0.25, -0.2) is 4.79 Å². The Kier molecular flexibility index (Phi) is 17.3. The zero-order valence-corrected chi connectivity index (χ0v) is 24.1. The predicted octanol–water partition coefficient (Wildman–Crippen LogP) is 6.85. The lowest BCUT2D eigenvalue weighted by Gasteiger charge is -2.17. The number of azide groups is 1. The number of carbonyl (C=O) groups is 3. The number of halogens is 6. The minimum Gasteiger partial charge on any atom is -0.377 e. The van der Waals surface area contributed by atoms with Crippen LogP contribution in [0.4, 0.5) is 31.1 Å². The second-order valence-corrected chi connectivity index (χ2v) is 8.70. The van der Waals surface area contributed by atoms with E-state index >= 15 is 0 Å². The molecule has 16 heteroatoms. The monoisotopic (exact) mass is 620 g/mol. The Morgan fingerprint density at radius 3 is 1.86 bits per heavy atom. The topological polar surface area (TPSA) is 145 Å². The zero-order chi connectivity index (χ0) is 33.2. The van der Waals surface area contributed by atoms with E-state index in [0.717, 1.165) is 0 Å². The summed E-state index contributed by atoms with van der Waals surface area (Å²) in [7, 11) is 3.23. The van der Waals surface area contributed by atoms with Crippen LogP contribution < -0.4 is 16.0 Å². The third-order valence-electron chi connectivity index (χ3n) is 5.41. The fraction of sp³-hybridized carbons (Fsp3) is 0.444. The summed E-state index contributed by atoms with van der Waals surface area (Å²) in [5.41, 5.74) is 6.02. The van der Waals surface area contributed by atoms with Crippen molar-refractivity contribution in [3.05, 3.63) is 81.2 Å². The number of hydrogen-bond donors (Lipinski definition) is 3. The maximum absolute atomic E-state index is 12.5. The van der Waals surface area contributed by atoms with Crippen LogP contribution in [-0.4, -0.2) is 38.5 Å². The number of rotatable bonds is 6. The van der Waals surface area contributed by atoms with Crippen LogP contribution in [0.15, 0.2) is 53.6 Å². The fourth-order valence-corrected chi connectivity index (χ4v) is 3.24. The van der Waals surface area contributed by atoms with Gasteiger partial charge in [0.2, 0.25) is 11.8 Å². The van der Waals surface area contributed by atoms with Gasteiger partial charge in [-0.2, -0.15) is 26.3 Å². The number of amides is 4. The molecular formula is C27H34F6N6O4. The summed E-state index contributed by atoms with van der Waals surface area (Å²) < 4.78 is 79.7. The van der Waals surface area contributed by atoms with Gasteiger partial charge in [0.05, 0.1) is 23.8 Å². The van der Waals surface area contributed by atoms with E-state index in [1.807, 2.05) is 12.4 Å². The van der Waals surface area contributed by atoms with Crippen molar-refractivity contribution in [3.8, 4) is 0 Å². The van der Waals surface area contributed by atoms with E-state index in [4.69, 9.17) is 10.3 Å². The number of benzene rings is 2. The van der Waals surface area contributed by atoms with E-state index in [9.17, 15) is 40.7 Å². The standard InChI is InChI=1S/C11H10F6O.C11H17N.C3H4N2O2.C2H3N3O/c1-6(18-2)7-3-8(10(12,13)14)5-9(4-7)11(15,16)17;1-3-7-11(12-2)10-8-5-4-6-9-10;6-2-1-4-3(7)5-2;1-2(6)4-5-3/h3-6H,1-2H3;4-6,8-9,11-12H,3,7H2,1-2H3;1H2,(H2,4,5,6,7);1H3. The molecule has 4 amide bonds. The highest BCUT2D eigenvalue weighted by atomic mass is 19.4. The molecule has 0 radical (unpaired) electrons. The Bertz CT molecular complexity index is 1170. The van der Waals surface area contributed by atoms with Crippen molar-refractivity contribution >= 4 is 17.8 Å². The molecule has 238 valence electrons. The Hall–Kier alpha value is -4.14. The van der Waals surface area contributed by atoms with Crippen molar-refractivity contribution in [2.75, 3.05) is 20.7 Å². The zero-order valence-electron chi connectivity index (χ0n) is 24.1. The molecule has 2 atom stereocenters. The second-order valence-electron chi connectivity index (χ2n) is 8.70. The molecule has 0 bridgehead atoms. The molecule has 1 saturated heterocycles. The van der Waals surface area contributed by atoms with Gasteiger partial charge in [-0.15, -0.1) is 0 Å². The summed E-state index contributed by atoms with van der Waals surface area (Å²) in [6.07, 6.45) is -8.08. The molecule has 1 heterocycles. The second kappa shape index (κ2) is 19.1. The van der Waals surface area contributed by atoms with Gasteiger partial charge in [0, 0.05) is 25.0 Å². The third kappa shape index (κ3) is 16.2. The van der Waals surface area contributed by atoms with E-state index in [2.05, 4.69) is 57.9 Å². The highest BCUT2D eigenvalue weighted by Crippen LogP contribution is 2.37. The van der Waals surface area contributed by atoms with Gasteiger partial charge in [0.15, 0.2) is 0 Å². The van der Waals surface area contributed by atoms with Crippen LogP contribution in [0.5, 0.6) is 0 Å². The van der Waals surface area contributed by atoms with Gasteiger partial charge in [-0.05, 0) is 60.4 Å². The first kappa shape index (κ1) is 38.9. The average molecular weight is 621 g/mol. The first-order valence-corrected chi connectivity index (χ1v) is 12.7. The van der Waals surface area contributed by atoms with Gasteiger partial charge in [0.25, 0.3) is 0 Å². The minimum atomic E-state index is -4.83. The molecule has 1 fully saturated rings. The molecular weight excluding hydrogens is 586 g/mol. The number of nitrogens with one attached hydrogen (secondary N) is 3. The van der Waals surface area contributed by atoms with Crippen LogP contribution in [0.2, 0.25) is 0 Å². The Balaban J connectivity index is 0.000000603. The van der Waals surface area contributed by atoms with Crippen LogP contribution in [-0.2, 0) is 26.7 Å². The lowest BCUT2D eigenvalue weighted by atomic mass is 10.0. The Labute approximate surface area is 244 Å². The van der Waals surface area contributed by atoms with Crippen molar-refractivity contribution in [1.29, 1.82) is 0 Å². The molecule has 0 saturated carbocycles. The largest absolute Gasteiger partial charge is 0.416 e. The van der Waals surface area contributed by atoms with Crippen LogP contribution in [0, 0.1) is 0 Å². The highest BCUT2D eigenvalue weighted by Gasteiger charge is 2.37. The maximum Gasteiger partial charge on any atom is 0.416 e. The van der Waals surface area contributed by atoms with Crippen molar-refractivity contribution in [1.82, 2.24) is 16.0 Å². The van der Waals surface area contributed by atoms with E-state index in [1.165, 1.54) is 39.4 Å². The Morgan fingerprint density at radius 2 is 1.58 bits per heavy atom. The van der Waals surface area contributed by atoms with E-state index in [0.29, 0.717) is 18.2 Å². The average Bonchev–Trinajstić information content (AvgIpc) is 3.33. The summed E-state index contributed by atoms with van der Waals surface area (Å²) in [5, 5.41) is 10.3. The number of hydrogen-bond acceptors (Lipinski definition) is 5. The van der Waals surface area contributed by atoms with Gasteiger partial charge in [0.1, 0.15) is 0 Å². The summed E-state index contributed by atoms with van der Waals surface area (Å²) in [6.45, 7) is 4.90. The number of alkyl halides is 6. The fourth-order valence-electron chi connectivity index (χ4n) is 3.24. The molecule has 1 aliphatic heterocycles. The van der Waals surface area contributed by atoms with Gasteiger partial charge in [-0.1, -0.05) is 43.7 Å². The summed E-state index contributed by atoms with van der Waals surface area (Å²) >= 11 is 0. The molecule has 0 spiro atoms. The third-order valence-corrected chi connectivity index (χ3v) is 5.41.